The lowest BCUT2D eigenvalue weighted by Gasteiger charge is -2.30. The fraction of sp³-hybridized carbons (Fsp3) is 0.304. The highest BCUT2D eigenvalue weighted by atomic mass is 35.5. The second-order valence-electron chi connectivity index (χ2n) is 7.29. The molecule has 0 atom stereocenters. The van der Waals surface area contributed by atoms with Gasteiger partial charge in [-0.1, -0.05) is 17.7 Å². The van der Waals surface area contributed by atoms with Gasteiger partial charge in [0, 0.05) is 36.2 Å². The van der Waals surface area contributed by atoms with Crippen molar-refractivity contribution >= 4 is 29.4 Å². The highest BCUT2D eigenvalue weighted by molar-refractivity contribution is 6.32. The van der Waals surface area contributed by atoms with Crippen LogP contribution < -0.4 is 9.47 Å². The Balaban J connectivity index is 1.36. The van der Waals surface area contributed by atoms with Crippen molar-refractivity contribution in [2.24, 2.45) is 5.92 Å². The molecule has 0 aliphatic carbocycles. The first-order chi connectivity index (χ1) is 14.5. The predicted molar refractivity (Wildman–Crippen MR) is 112 cm³/mol. The van der Waals surface area contributed by atoms with E-state index in [0.29, 0.717) is 56.2 Å². The highest BCUT2D eigenvalue weighted by Gasteiger charge is 2.28. The number of rotatable bonds is 4. The third-order valence-corrected chi connectivity index (χ3v) is 5.73. The highest BCUT2D eigenvalue weighted by Crippen LogP contribution is 2.32. The summed E-state index contributed by atoms with van der Waals surface area (Å²) in [5, 5.41) is 0.253. The molecule has 1 amide bonds. The maximum atomic E-state index is 13.8. The Labute approximate surface area is 179 Å². The summed E-state index contributed by atoms with van der Waals surface area (Å²) in [7, 11) is 0. The average Bonchev–Trinajstić information content (AvgIpc) is 2.78. The molecule has 0 bridgehead atoms. The SMILES string of the molecule is O=C(c1ccc2c(c1)OCCO2)C1CCN(C(=O)C=Cc2c(F)cccc2Cl)CC1. The molecule has 4 rings (SSSR count). The molecule has 2 heterocycles. The van der Waals surface area contributed by atoms with E-state index in [9.17, 15) is 14.0 Å². The zero-order chi connectivity index (χ0) is 21.1. The number of ketones is 1. The molecule has 1 saturated heterocycles. The Kier molecular flexibility index (Phi) is 6.04. The number of amides is 1. The van der Waals surface area contributed by atoms with Crippen LogP contribution in [-0.2, 0) is 4.79 Å². The van der Waals surface area contributed by atoms with Crippen LogP contribution in [0.5, 0.6) is 11.5 Å². The van der Waals surface area contributed by atoms with Gasteiger partial charge in [0.25, 0.3) is 0 Å². The van der Waals surface area contributed by atoms with E-state index in [1.165, 1.54) is 24.3 Å². The van der Waals surface area contributed by atoms with Gasteiger partial charge in [0.15, 0.2) is 17.3 Å². The van der Waals surface area contributed by atoms with Gasteiger partial charge in [-0.3, -0.25) is 9.59 Å². The molecule has 0 radical (unpaired) electrons. The Morgan fingerprint density at radius 1 is 1.07 bits per heavy atom. The van der Waals surface area contributed by atoms with Gasteiger partial charge in [-0.2, -0.15) is 0 Å². The van der Waals surface area contributed by atoms with Crippen LogP contribution >= 0.6 is 11.6 Å². The second-order valence-corrected chi connectivity index (χ2v) is 7.70. The summed E-state index contributed by atoms with van der Waals surface area (Å²) >= 11 is 5.98. The molecule has 2 aliphatic rings. The number of carbonyl (C=O) groups is 2. The maximum Gasteiger partial charge on any atom is 0.246 e. The topological polar surface area (TPSA) is 55.8 Å². The lowest BCUT2D eigenvalue weighted by molar-refractivity contribution is -0.127. The molecular formula is C23H21ClFNO4. The van der Waals surface area contributed by atoms with Crippen molar-refractivity contribution in [1.82, 2.24) is 4.90 Å². The second kappa shape index (κ2) is 8.88. The minimum Gasteiger partial charge on any atom is -0.486 e. The number of piperidine rings is 1. The van der Waals surface area contributed by atoms with Gasteiger partial charge in [0.05, 0.1) is 5.02 Å². The first kappa shape index (κ1) is 20.4. The van der Waals surface area contributed by atoms with Gasteiger partial charge in [-0.15, -0.1) is 0 Å². The smallest absolute Gasteiger partial charge is 0.246 e. The lowest BCUT2D eigenvalue weighted by Crippen LogP contribution is -2.39. The summed E-state index contributed by atoms with van der Waals surface area (Å²) in [6.07, 6.45) is 3.88. The number of nitrogens with zero attached hydrogens (tertiary/aromatic N) is 1. The van der Waals surface area contributed by atoms with E-state index in [1.807, 2.05) is 0 Å². The van der Waals surface area contributed by atoms with Crippen molar-refractivity contribution in [2.75, 3.05) is 26.3 Å². The molecule has 5 nitrogen and oxygen atoms in total. The summed E-state index contributed by atoms with van der Waals surface area (Å²) in [5.74, 6) is 0.445. The first-order valence-corrected chi connectivity index (χ1v) is 10.3. The van der Waals surface area contributed by atoms with Crippen LogP contribution in [0.15, 0.2) is 42.5 Å². The fourth-order valence-corrected chi connectivity index (χ4v) is 3.95. The van der Waals surface area contributed by atoms with Crippen molar-refractivity contribution in [3.63, 3.8) is 0 Å². The van der Waals surface area contributed by atoms with Crippen molar-refractivity contribution in [3.05, 3.63) is 64.4 Å². The zero-order valence-corrected chi connectivity index (χ0v) is 17.0. The molecular weight excluding hydrogens is 409 g/mol. The van der Waals surface area contributed by atoms with E-state index in [4.69, 9.17) is 21.1 Å². The van der Waals surface area contributed by atoms with Crippen molar-refractivity contribution in [3.8, 4) is 11.5 Å². The van der Waals surface area contributed by atoms with Crippen LogP contribution in [-0.4, -0.2) is 42.9 Å². The number of likely N-dealkylation sites (tertiary alicyclic amines) is 1. The van der Waals surface area contributed by atoms with Crippen molar-refractivity contribution < 1.29 is 23.5 Å². The molecule has 0 spiro atoms. The van der Waals surface area contributed by atoms with Gasteiger partial charge in [-0.25, -0.2) is 4.39 Å². The molecule has 0 unspecified atom stereocenters. The number of Topliss-reactive ketones (excluding diaryl/α,β-unsaturated/α-hetero) is 1. The Morgan fingerprint density at radius 2 is 1.80 bits per heavy atom. The van der Waals surface area contributed by atoms with Gasteiger partial charge < -0.3 is 14.4 Å². The monoisotopic (exact) mass is 429 g/mol. The molecule has 0 aromatic heterocycles. The first-order valence-electron chi connectivity index (χ1n) is 9.88. The van der Waals surface area contributed by atoms with Gasteiger partial charge in [-0.05, 0) is 49.2 Å². The van der Waals surface area contributed by atoms with Crippen molar-refractivity contribution in [1.29, 1.82) is 0 Å². The summed E-state index contributed by atoms with van der Waals surface area (Å²) in [5.41, 5.74) is 0.786. The normalized spacial score (nSPS) is 16.7. The fourth-order valence-electron chi connectivity index (χ4n) is 3.72. The Bertz CT molecular complexity index is 978. The van der Waals surface area contributed by atoms with Crippen LogP contribution in [0, 0.1) is 11.7 Å². The van der Waals surface area contributed by atoms with E-state index in [2.05, 4.69) is 0 Å². The van der Waals surface area contributed by atoms with E-state index in [1.54, 1.807) is 29.2 Å². The largest absolute Gasteiger partial charge is 0.486 e. The van der Waals surface area contributed by atoms with E-state index < -0.39 is 5.82 Å². The number of carbonyl (C=O) groups excluding carboxylic acids is 2. The predicted octanol–water partition coefficient (Wildman–Crippen LogP) is 4.39. The minimum absolute atomic E-state index is 0.0488. The molecule has 2 aromatic carbocycles. The van der Waals surface area contributed by atoms with E-state index >= 15 is 0 Å². The van der Waals surface area contributed by atoms with E-state index in [0.717, 1.165) is 0 Å². The summed E-state index contributed by atoms with van der Waals surface area (Å²) < 4.78 is 24.9. The molecule has 1 fully saturated rings. The summed E-state index contributed by atoms with van der Waals surface area (Å²) in [4.78, 5) is 27.0. The van der Waals surface area contributed by atoms with Gasteiger partial charge >= 0.3 is 0 Å². The lowest BCUT2D eigenvalue weighted by atomic mass is 9.88. The van der Waals surface area contributed by atoms with Gasteiger partial charge in [0.2, 0.25) is 5.91 Å². The molecule has 30 heavy (non-hydrogen) atoms. The maximum absolute atomic E-state index is 13.8. The number of fused-ring (bicyclic) bond motifs is 1. The molecule has 0 saturated carbocycles. The standard InChI is InChI=1S/C23H21ClFNO4/c24-18-2-1-3-19(25)17(18)5-7-22(27)26-10-8-15(9-11-26)23(28)16-4-6-20-21(14-16)30-13-12-29-20/h1-7,14-15H,8-13H2. The van der Waals surface area contributed by atoms with Crippen LogP contribution in [0.3, 0.4) is 0 Å². The number of hydrogen-bond acceptors (Lipinski definition) is 4. The number of hydrogen-bond donors (Lipinski definition) is 0. The molecule has 156 valence electrons. The van der Waals surface area contributed by atoms with Crippen LogP contribution in [0.1, 0.15) is 28.8 Å². The van der Waals surface area contributed by atoms with Gasteiger partial charge in [0.1, 0.15) is 19.0 Å². The summed E-state index contributed by atoms with van der Waals surface area (Å²) in [6, 6.07) is 9.64. The minimum atomic E-state index is -0.477. The van der Waals surface area contributed by atoms with Crippen LogP contribution in [0.2, 0.25) is 5.02 Å². The third kappa shape index (κ3) is 4.33. The molecule has 0 N–H and O–H groups in total. The molecule has 2 aromatic rings. The van der Waals surface area contributed by atoms with Crippen molar-refractivity contribution in [2.45, 2.75) is 12.8 Å². The molecule has 7 heteroatoms. The number of ether oxygens (including phenoxy) is 2. The number of halogens is 2. The average molecular weight is 430 g/mol. The zero-order valence-electron chi connectivity index (χ0n) is 16.3. The van der Waals surface area contributed by atoms with Crippen LogP contribution in [0.4, 0.5) is 4.39 Å². The summed E-state index contributed by atoms with van der Waals surface area (Å²) in [6.45, 7) is 1.91. The number of benzene rings is 2. The third-order valence-electron chi connectivity index (χ3n) is 5.40. The van der Waals surface area contributed by atoms with Crippen LogP contribution in [0.25, 0.3) is 6.08 Å². The van der Waals surface area contributed by atoms with E-state index in [-0.39, 0.29) is 28.2 Å². The Hall–Kier alpha value is -2.86. The molecule has 2 aliphatic heterocycles. The quantitative estimate of drug-likeness (QED) is 0.534. The Morgan fingerprint density at radius 3 is 2.53 bits per heavy atom.